The first-order valence-electron chi connectivity index (χ1n) is 9.74. The van der Waals surface area contributed by atoms with E-state index in [-0.39, 0.29) is 0 Å². The van der Waals surface area contributed by atoms with Crippen molar-refractivity contribution in [3.8, 4) is 0 Å². The zero-order chi connectivity index (χ0) is 25.3. The van der Waals surface area contributed by atoms with E-state index in [2.05, 4.69) is 10.1 Å². The topological polar surface area (TPSA) is 170 Å². The predicted octanol–water partition coefficient (Wildman–Crippen LogP) is -0.695. The Morgan fingerprint density at radius 3 is 2.00 bits per heavy atom. The van der Waals surface area contributed by atoms with Crippen molar-refractivity contribution in [3.63, 3.8) is 0 Å². The van der Waals surface area contributed by atoms with Crippen molar-refractivity contribution in [2.24, 2.45) is 0 Å². The molecule has 2 unspecified atom stereocenters. The summed E-state index contributed by atoms with van der Waals surface area (Å²) < 4.78 is 30.9. The molecule has 0 aromatic rings. The SMILES string of the molecule is COC(=O)C1=C[C@H](OC(C)=O)[C@@H](NC(C)=O)[C@H](C(OC(C)=O)C(COC(C)=O)OC(C)=O)O1. The zero-order valence-corrected chi connectivity index (χ0v) is 19.1. The molecule has 0 aliphatic carbocycles. The minimum Gasteiger partial charge on any atom is -0.477 e. The highest BCUT2D eigenvalue weighted by Crippen LogP contribution is 2.28. The zero-order valence-electron chi connectivity index (χ0n) is 19.1. The molecule has 184 valence electrons. The van der Waals surface area contributed by atoms with Gasteiger partial charge in [0.1, 0.15) is 18.8 Å². The summed E-state index contributed by atoms with van der Waals surface area (Å²) in [5.74, 6) is -5.07. The third kappa shape index (κ3) is 8.79. The molecule has 0 saturated carbocycles. The van der Waals surface area contributed by atoms with E-state index in [0.717, 1.165) is 40.9 Å². The lowest BCUT2D eigenvalue weighted by atomic mass is 9.93. The van der Waals surface area contributed by atoms with Gasteiger partial charge in [-0.3, -0.25) is 24.0 Å². The summed E-state index contributed by atoms with van der Waals surface area (Å²) in [5, 5.41) is 2.51. The fraction of sp³-hybridized carbons (Fsp3) is 0.600. The Labute approximate surface area is 189 Å². The molecule has 0 spiro atoms. The van der Waals surface area contributed by atoms with E-state index >= 15 is 0 Å². The first-order valence-corrected chi connectivity index (χ1v) is 9.74. The van der Waals surface area contributed by atoms with E-state index < -0.39 is 78.6 Å². The Kier molecular flexibility index (Phi) is 10.3. The van der Waals surface area contributed by atoms with Gasteiger partial charge in [-0.1, -0.05) is 0 Å². The highest BCUT2D eigenvalue weighted by molar-refractivity contribution is 5.86. The lowest BCUT2D eigenvalue weighted by Gasteiger charge is -2.41. The molecule has 0 radical (unpaired) electrons. The monoisotopic (exact) mass is 473 g/mol. The molecule has 13 heteroatoms. The van der Waals surface area contributed by atoms with Gasteiger partial charge >= 0.3 is 29.8 Å². The number of hydrogen-bond acceptors (Lipinski definition) is 12. The number of nitrogens with one attached hydrogen (secondary N) is 1. The highest BCUT2D eigenvalue weighted by Gasteiger charge is 2.49. The molecule has 1 aliphatic heterocycles. The maximum Gasteiger partial charge on any atom is 0.373 e. The third-order valence-electron chi connectivity index (χ3n) is 4.11. The molecule has 0 saturated heterocycles. The smallest absolute Gasteiger partial charge is 0.373 e. The molecule has 1 N–H and O–H groups in total. The van der Waals surface area contributed by atoms with Crippen LogP contribution in [0.1, 0.15) is 34.6 Å². The molecule has 5 atom stereocenters. The second kappa shape index (κ2) is 12.4. The molecule has 0 aromatic carbocycles. The van der Waals surface area contributed by atoms with Gasteiger partial charge in [0.15, 0.2) is 18.3 Å². The summed E-state index contributed by atoms with van der Waals surface area (Å²) in [6, 6.07) is -1.21. The fourth-order valence-electron chi connectivity index (χ4n) is 3.04. The Morgan fingerprint density at radius 2 is 1.55 bits per heavy atom. The maximum absolute atomic E-state index is 12.2. The summed E-state index contributed by atoms with van der Waals surface area (Å²) in [5.41, 5.74) is 0. The van der Waals surface area contributed by atoms with Crippen molar-refractivity contribution in [2.45, 2.75) is 65.1 Å². The molecule has 33 heavy (non-hydrogen) atoms. The fourth-order valence-corrected chi connectivity index (χ4v) is 3.04. The quantitative estimate of drug-likeness (QED) is 0.331. The number of carbonyl (C=O) groups excluding carboxylic acids is 6. The van der Waals surface area contributed by atoms with Crippen LogP contribution in [-0.2, 0) is 57.2 Å². The Balaban J connectivity index is 3.58. The van der Waals surface area contributed by atoms with Crippen LogP contribution in [0, 0.1) is 0 Å². The lowest BCUT2D eigenvalue weighted by Crippen LogP contribution is -2.62. The van der Waals surface area contributed by atoms with Gasteiger partial charge in [0, 0.05) is 40.7 Å². The standard InChI is InChI=1S/C20H27NO12/c1-9(22)21-17-14(30-11(3)24)7-15(20(27)28-6)33-19(17)18(32-13(5)26)16(31-12(4)25)8-29-10(2)23/h7,14,16-19H,8H2,1-6H3,(H,21,22)/t14-,16?,17+,18?,19+/m0/s1. The van der Waals surface area contributed by atoms with Crippen molar-refractivity contribution >= 4 is 35.8 Å². The van der Waals surface area contributed by atoms with E-state index in [0.29, 0.717) is 0 Å². The van der Waals surface area contributed by atoms with Gasteiger partial charge < -0.3 is 33.7 Å². The van der Waals surface area contributed by atoms with E-state index in [1.807, 2.05) is 0 Å². The molecule has 13 nitrogen and oxygen atoms in total. The number of esters is 5. The first-order chi connectivity index (χ1) is 15.3. The summed E-state index contributed by atoms with van der Waals surface area (Å²) >= 11 is 0. The van der Waals surface area contributed by atoms with Crippen LogP contribution in [0.5, 0.6) is 0 Å². The molecule has 1 heterocycles. The van der Waals surface area contributed by atoms with E-state index in [4.69, 9.17) is 23.7 Å². The minimum atomic E-state index is -1.52. The Morgan fingerprint density at radius 1 is 0.939 bits per heavy atom. The van der Waals surface area contributed by atoms with E-state index in [1.165, 1.54) is 6.92 Å². The normalized spacial score (nSPS) is 21.2. The molecular formula is C20H27NO12. The average molecular weight is 473 g/mol. The van der Waals surface area contributed by atoms with Crippen LogP contribution in [0.3, 0.4) is 0 Å². The van der Waals surface area contributed by atoms with Crippen LogP contribution >= 0.6 is 0 Å². The second-order valence-electron chi connectivity index (χ2n) is 6.93. The average Bonchev–Trinajstić information content (AvgIpc) is 2.68. The predicted molar refractivity (Wildman–Crippen MR) is 106 cm³/mol. The number of methoxy groups -OCH3 is 1. The summed E-state index contributed by atoms with van der Waals surface area (Å²) in [6.45, 7) is 4.96. The number of carbonyl (C=O) groups is 6. The van der Waals surface area contributed by atoms with Crippen molar-refractivity contribution in [3.05, 3.63) is 11.8 Å². The van der Waals surface area contributed by atoms with Gasteiger partial charge in [0.25, 0.3) is 0 Å². The van der Waals surface area contributed by atoms with E-state index in [1.54, 1.807) is 0 Å². The second-order valence-corrected chi connectivity index (χ2v) is 6.93. The van der Waals surface area contributed by atoms with Gasteiger partial charge in [-0.25, -0.2) is 4.79 Å². The molecule has 0 aromatic heterocycles. The Hall–Kier alpha value is -3.64. The van der Waals surface area contributed by atoms with Gasteiger partial charge in [-0.2, -0.15) is 0 Å². The van der Waals surface area contributed by atoms with Crippen LogP contribution in [0.25, 0.3) is 0 Å². The van der Waals surface area contributed by atoms with Gasteiger partial charge in [-0.05, 0) is 0 Å². The third-order valence-corrected chi connectivity index (χ3v) is 4.11. The minimum absolute atomic E-state index is 0.415. The van der Waals surface area contributed by atoms with Crippen LogP contribution in [0.2, 0.25) is 0 Å². The largest absolute Gasteiger partial charge is 0.477 e. The molecule has 0 fully saturated rings. The van der Waals surface area contributed by atoms with Gasteiger partial charge in [0.2, 0.25) is 11.7 Å². The summed E-state index contributed by atoms with van der Waals surface area (Å²) in [4.78, 5) is 70.6. The van der Waals surface area contributed by atoms with Crippen LogP contribution in [-0.4, -0.2) is 79.9 Å². The van der Waals surface area contributed by atoms with Crippen LogP contribution in [0.15, 0.2) is 11.8 Å². The van der Waals surface area contributed by atoms with Crippen molar-refractivity contribution in [2.75, 3.05) is 13.7 Å². The van der Waals surface area contributed by atoms with Crippen molar-refractivity contribution in [1.29, 1.82) is 0 Å². The van der Waals surface area contributed by atoms with Gasteiger partial charge in [-0.15, -0.1) is 0 Å². The number of ether oxygens (including phenoxy) is 6. The molecular weight excluding hydrogens is 446 g/mol. The first kappa shape index (κ1) is 27.4. The van der Waals surface area contributed by atoms with Crippen molar-refractivity contribution in [1.82, 2.24) is 5.32 Å². The summed E-state index contributed by atoms with van der Waals surface area (Å²) in [7, 11) is 1.08. The lowest BCUT2D eigenvalue weighted by molar-refractivity contribution is -0.191. The van der Waals surface area contributed by atoms with E-state index in [9.17, 15) is 28.8 Å². The maximum atomic E-state index is 12.2. The highest BCUT2D eigenvalue weighted by atomic mass is 16.6. The number of hydrogen-bond donors (Lipinski definition) is 1. The summed E-state index contributed by atoms with van der Waals surface area (Å²) in [6.07, 6.45) is -4.52. The number of amides is 1. The molecule has 0 bridgehead atoms. The van der Waals surface area contributed by atoms with Crippen molar-refractivity contribution < 1.29 is 57.2 Å². The van der Waals surface area contributed by atoms with Crippen LogP contribution < -0.4 is 5.32 Å². The Bertz CT molecular complexity index is 820. The van der Waals surface area contributed by atoms with Gasteiger partial charge in [0.05, 0.1) is 7.11 Å². The molecule has 1 amide bonds. The number of rotatable bonds is 9. The molecule has 1 rings (SSSR count). The molecule has 1 aliphatic rings. The van der Waals surface area contributed by atoms with Crippen LogP contribution in [0.4, 0.5) is 0 Å².